The molecule has 32 heavy (non-hydrogen) atoms. The third kappa shape index (κ3) is 6.87. The molecule has 0 aliphatic carbocycles. The van der Waals surface area contributed by atoms with Crippen LogP contribution in [-0.2, 0) is 16.0 Å². The highest BCUT2D eigenvalue weighted by atomic mass is 35.5. The van der Waals surface area contributed by atoms with Crippen LogP contribution in [0, 0.1) is 0 Å². The van der Waals surface area contributed by atoms with Gasteiger partial charge >= 0.3 is 0 Å². The van der Waals surface area contributed by atoms with Gasteiger partial charge in [0.25, 0.3) is 11.8 Å². The number of benzene rings is 2. The van der Waals surface area contributed by atoms with E-state index in [1.54, 1.807) is 31.2 Å². The van der Waals surface area contributed by atoms with Crippen LogP contribution in [0.5, 0.6) is 5.75 Å². The van der Waals surface area contributed by atoms with Crippen molar-refractivity contribution in [1.82, 2.24) is 10.7 Å². The first-order valence-electron chi connectivity index (χ1n) is 9.75. The van der Waals surface area contributed by atoms with Crippen LogP contribution in [-0.4, -0.2) is 30.2 Å². The second kappa shape index (κ2) is 11.4. The van der Waals surface area contributed by atoms with E-state index in [2.05, 4.69) is 15.8 Å². The van der Waals surface area contributed by atoms with Crippen LogP contribution in [0.2, 0.25) is 10.0 Å². The lowest BCUT2D eigenvalue weighted by Crippen LogP contribution is -2.50. The normalized spacial score (nSPS) is 12.8. The highest BCUT2D eigenvalue weighted by molar-refractivity contribution is 6.35. The van der Waals surface area contributed by atoms with Crippen LogP contribution in [0.4, 0.5) is 0 Å². The molecule has 0 spiro atoms. The van der Waals surface area contributed by atoms with Gasteiger partial charge in [-0.25, -0.2) is 5.43 Å². The van der Waals surface area contributed by atoms with Crippen LogP contribution in [0.3, 0.4) is 0 Å². The van der Waals surface area contributed by atoms with Gasteiger partial charge in [0.1, 0.15) is 17.6 Å². The zero-order valence-corrected chi connectivity index (χ0v) is 18.6. The smallest absolute Gasteiger partial charge is 0.262 e. The second-order valence-electron chi connectivity index (χ2n) is 6.84. The van der Waals surface area contributed by atoms with Crippen molar-refractivity contribution in [2.24, 2.45) is 5.10 Å². The monoisotopic (exact) mass is 473 g/mol. The Hall–Kier alpha value is -3.29. The lowest BCUT2D eigenvalue weighted by atomic mass is 10.1. The van der Waals surface area contributed by atoms with Gasteiger partial charge in [-0.1, -0.05) is 53.5 Å². The van der Waals surface area contributed by atoms with E-state index in [1.165, 1.54) is 18.5 Å². The fraction of sp³-hybridized carbons (Fsp3) is 0.174. The Morgan fingerprint density at radius 2 is 1.88 bits per heavy atom. The number of ether oxygens (including phenoxy) is 1. The fourth-order valence-electron chi connectivity index (χ4n) is 2.77. The Bertz CT molecular complexity index is 1070. The molecule has 0 bridgehead atoms. The molecule has 2 N–H and O–H groups in total. The van der Waals surface area contributed by atoms with Crippen LogP contribution in [0.15, 0.2) is 76.4 Å². The summed E-state index contributed by atoms with van der Waals surface area (Å²) < 4.78 is 10.8. The Morgan fingerprint density at radius 3 is 2.56 bits per heavy atom. The molecule has 0 aliphatic rings. The van der Waals surface area contributed by atoms with E-state index in [1.807, 2.05) is 30.3 Å². The first-order valence-corrected chi connectivity index (χ1v) is 10.5. The molecule has 3 rings (SSSR count). The van der Waals surface area contributed by atoms with E-state index >= 15 is 0 Å². The maximum absolute atomic E-state index is 12.8. The summed E-state index contributed by atoms with van der Waals surface area (Å²) in [5, 5.41) is 7.34. The molecule has 0 radical (unpaired) electrons. The number of nitrogens with zero attached hydrogens (tertiary/aromatic N) is 1. The first-order chi connectivity index (χ1) is 15.4. The van der Waals surface area contributed by atoms with E-state index in [4.69, 9.17) is 32.4 Å². The molecule has 166 valence electrons. The molecule has 2 amide bonds. The molecule has 2 atom stereocenters. The van der Waals surface area contributed by atoms with Crippen LogP contribution >= 0.6 is 23.2 Å². The Kier molecular flexibility index (Phi) is 8.30. The van der Waals surface area contributed by atoms with Gasteiger partial charge < -0.3 is 14.5 Å². The average Bonchev–Trinajstić information content (AvgIpc) is 3.29. The number of hydrazone groups is 1. The number of rotatable bonds is 9. The summed E-state index contributed by atoms with van der Waals surface area (Å²) in [6.45, 7) is 1.56. The molecular formula is C23H21Cl2N3O4. The SMILES string of the molecule is C[C@H](Oc1ccc(Cl)cc1Cl)C(=O)N[C@H](Cc1ccccc1)C(=O)N/N=C\c1ccco1. The summed E-state index contributed by atoms with van der Waals surface area (Å²) >= 11 is 12.0. The number of carbonyl (C=O) groups excluding carboxylic acids is 2. The third-order valence-corrected chi connectivity index (χ3v) is 4.92. The van der Waals surface area contributed by atoms with Crippen molar-refractivity contribution in [1.29, 1.82) is 0 Å². The maximum atomic E-state index is 12.8. The average molecular weight is 474 g/mol. The van der Waals surface area contributed by atoms with Crippen LogP contribution in [0.25, 0.3) is 0 Å². The van der Waals surface area contributed by atoms with Gasteiger partial charge in [-0.3, -0.25) is 9.59 Å². The maximum Gasteiger partial charge on any atom is 0.262 e. The Labute approximate surface area is 195 Å². The van der Waals surface area contributed by atoms with Crippen molar-refractivity contribution in [2.75, 3.05) is 0 Å². The minimum atomic E-state index is -0.911. The van der Waals surface area contributed by atoms with Gasteiger partial charge in [0, 0.05) is 11.4 Å². The first kappa shape index (κ1) is 23.4. The molecule has 9 heteroatoms. The van der Waals surface area contributed by atoms with E-state index in [9.17, 15) is 9.59 Å². The molecule has 0 aliphatic heterocycles. The zero-order chi connectivity index (χ0) is 22.9. The molecule has 2 aromatic carbocycles. The summed E-state index contributed by atoms with van der Waals surface area (Å²) in [5.41, 5.74) is 3.30. The van der Waals surface area contributed by atoms with Crippen molar-refractivity contribution >= 4 is 41.2 Å². The predicted molar refractivity (Wildman–Crippen MR) is 123 cm³/mol. The summed E-state index contributed by atoms with van der Waals surface area (Å²) in [6, 6.07) is 16.5. The molecular weight excluding hydrogens is 453 g/mol. The highest BCUT2D eigenvalue weighted by Gasteiger charge is 2.25. The number of hydrogen-bond donors (Lipinski definition) is 2. The summed E-state index contributed by atoms with van der Waals surface area (Å²) in [4.78, 5) is 25.5. The van der Waals surface area contributed by atoms with Crippen LogP contribution in [0.1, 0.15) is 18.2 Å². The molecule has 0 saturated carbocycles. The largest absolute Gasteiger partial charge is 0.479 e. The third-order valence-electron chi connectivity index (χ3n) is 4.39. The quantitative estimate of drug-likeness (QED) is 0.359. The highest BCUT2D eigenvalue weighted by Crippen LogP contribution is 2.28. The molecule has 3 aromatic rings. The van der Waals surface area contributed by atoms with Gasteiger partial charge in [-0.15, -0.1) is 0 Å². The van der Waals surface area contributed by atoms with Gasteiger partial charge in [-0.2, -0.15) is 5.10 Å². The molecule has 1 aromatic heterocycles. The van der Waals surface area contributed by atoms with E-state index in [0.29, 0.717) is 16.5 Å². The lowest BCUT2D eigenvalue weighted by molar-refractivity contribution is -0.132. The standard InChI is InChI=1S/C23H21Cl2N3O4/c1-15(32-21-10-9-17(24)13-19(21)25)22(29)27-20(12-16-6-3-2-4-7-16)23(30)28-26-14-18-8-5-11-31-18/h2-11,13-15,20H,12H2,1H3,(H,27,29)(H,28,30)/b26-14-/t15-,20+/m0/s1. The number of carbonyl (C=O) groups is 2. The predicted octanol–water partition coefficient (Wildman–Crippen LogP) is 4.23. The second-order valence-corrected chi connectivity index (χ2v) is 7.68. The fourth-order valence-corrected chi connectivity index (χ4v) is 3.22. The molecule has 7 nitrogen and oxygen atoms in total. The Morgan fingerprint density at radius 1 is 1.09 bits per heavy atom. The van der Waals surface area contributed by atoms with E-state index in [-0.39, 0.29) is 11.4 Å². The van der Waals surface area contributed by atoms with Gasteiger partial charge in [0.15, 0.2) is 6.10 Å². The number of hydrogen-bond acceptors (Lipinski definition) is 5. The molecule has 0 fully saturated rings. The number of nitrogens with one attached hydrogen (secondary N) is 2. The van der Waals surface area contributed by atoms with E-state index in [0.717, 1.165) is 5.56 Å². The minimum Gasteiger partial charge on any atom is -0.479 e. The van der Waals surface area contributed by atoms with Crippen molar-refractivity contribution < 1.29 is 18.7 Å². The number of furan rings is 1. The molecule has 1 heterocycles. The lowest BCUT2D eigenvalue weighted by Gasteiger charge is -2.21. The van der Waals surface area contributed by atoms with Crippen molar-refractivity contribution in [3.8, 4) is 5.75 Å². The minimum absolute atomic E-state index is 0.267. The van der Waals surface area contributed by atoms with Crippen molar-refractivity contribution in [2.45, 2.75) is 25.5 Å². The topological polar surface area (TPSA) is 92.9 Å². The van der Waals surface area contributed by atoms with Crippen molar-refractivity contribution in [3.63, 3.8) is 0 Å². The van der Waals surface area contributed by atoms with Gasteiger partial charge in [-0.05, 0) is 42.8 Å². The number of halogens is 2. The molecule has 0 unspecified atom stereocenters. The van der Waals surface area contributed by atoms with E-state index < -0.39 is 24.0 Å². The zero-order valence-electron chi connectivity index (χ0n) is 17.1. The van der Waals surface area contributed by atoms with Crippen LogP contribution < -0.4 is 15.5 Å². The van der Waals surface area contributed by atoms with Gasteiger partial charge in [0.2, 0.25) is 0 Å². The summed E-state index contributed by atoms with van der Waals surface area (Å²) in [6.07, 6.45) is 2.22. The summed E-state index contributed by atoms with van der Waals surface area (Å²) in [5.74, 6) is -0.175. The summed E-state index contributed by atoms with van der Waals surface area (Å²) in [7, 11) is 0. The van der Waals surface area contributed by atoms with Crippen molar-refractivity contribution in [3.05, 3.63) is 88.3 Å². The Balaban J connectivity index is 1.67. The molecule has 0 saturated heterocycles. The van der Waals surface area contributed by atoms with Gasteiger partial charge in [0.05, 0.1) is 17.5 Å². The number of amides is 2.